The molecule has 3 nitrogen and oxygen atoms in total. The van der Waals surface area contributed by atoms with Gasteiger partial charge in [0.1, 0.15) is 11.6 Å². The maximum atomic E-state index is 13.7. The first-order valence-corrected chi connectivity index (χ1v) is 7.32. The molecule has 1 aliphatic carbocycles. The molecule has 1 saturated carbocycles. The third-order valence-electron chi connectivity index (χ3n) is 4.25. The lowest BCUT2D eigenvalue weighted by molar-refractivity contribution is -0.123. The SMILES string of the molecule is CC(CC(=O)NC1(CO)CCCC1)c1ccc(F)cc1F. The maximum absolute atomic E-state index is 13.7. The highest BCUT2D eigenvalue weighted by atomic mass is 19.1. The summed E-state index contributed by atoms with van der Waals surface area (Å²) in [6.45, 7) is 1.66. The van der Waals surface area contributed by atoms with Crippen LogP contribution in [0.1, 0.15) is 50.5 Å². The summed E-state index contributed by atoms with van der Waals surface area (Å²) in [5.41, 5.74) is -0.186. The third-order valence-corrected chi connectivity index (χ3v) is 4.25. The Labute approximate surface area is 123 Å². The zero-order valence-electron chi connectivity index (χ0n) is 12.2. The second-order valence-electron chi connectivity index (χ2n) is 5.96. The molecular formula is C16H21F2NO2. The Kier molecular flexibility index (Phi) is 4.93. The molecule has 0 radical (unpaired) electrons. The smallest absolute Gasteiger partial charge is 0.221 e. The van der Waals surface area contributed by atoms with Gasteiger partial charge < -0.3 is 10.4 Å². The fourth-order valence-corrected chi connectivity index (χ4v) is 3.01. The molecule has 1 unspecified atom stereocenters. The van der Waals surface area contributed by atoms with Gasteiger partial charge in [-0.25, -0.2) is 8.78 Å². The highest BCUT2D eigenvalue weighted by molar-refractivity contribution is 5.77. The summed E-state index contributed by atoms with van der Waals surface area (Å²) in [4.78, 5) is 12.1. The van der Waals surface area contributed by atoms with E-state index in [1.807, 2.05) is 0 Å². The van der Waals surface area contributed by atoms with Gasteiger partial charge in [0.15, 0.2) is 0 Å². The second kappa shape index (κ2) is 6.52. The molecule has 0 aromatic heterocycles. The van der Waals surface area contributed by atoms with Crippen LogP contribution in [0.15, 0.2) is 18.2 Å². The van der Waals surface area contributed by atoms with Crippen molar-refractivity contribution in [2.45, 2.75) is 50.5 Å². The molecule has 1 atom stereocenters. The molecule has 5 heteroatoms. The molecule has 1 aromatic rings. The van der Waals surface area contributed by atoms with Gasteiger partial charge >= 0.3 is 0 Å². The van der Waals surface area contributed by atoms with Gasteiger partial charge in [0.05, 0.1) is 12.1 Å². The average molecular weight is 297 g/mol. The first-order chi connectivity index (χ1) is 9.96. The van der Waals surface area contributed by atoms with Gasteiger partial charge in [0.2, 0.25) is 5.91 Å². The molecule has 1 amide bonds. The molecule has 0 aliphatic heterocycles. The van der Waals surface area contributed by atoms with E-state index in [1.54, 1.807) is 6.92 Å². The number of hydrogen-bond donors (Lipinski definition) is 2. The van der Waals surface area contributed by atoms with E-state index in [2.05, 4.69) is 5.32 Å². The van der Waals surface area contributed by atoms with Crippen LogP contribution in [0.4, 0.5) is 8.78 Å². The van der Waals surface area contributed by atoms with Gasteiger partial charge in [-0.05, 0) is 30.4 Å². The molecule has 116 valence electrons. The Bertz CT molecular complexity index is 513. The van der Waals surface area contributed by atoms with Crippen molar-refractivity contribution in [1.82, 2.24) is 5.32 Å². The summed E-state index contributed by atoms with van der Waals surface area (Å²) in [6, 6.07) is 3.40. The average Bonchev–Trinajstić information content (AvgIpc) is 2.87. The van der Waals surface area contributed by atoms with Crippen LogP contribution >= 0.6 is 0 Å². The van der Waals surface area contributed by atoms with Crippen LogP contribution in [0.2, 0.25) is 0 Å². The number of benzene rings is 1. The van der Waals surface area contributed by atoms with Crippen molar-refractivity contribution in [2.24, 2.45) is 0 Å². The fourth-order valence-electron chi connectivity index (χ4n) is 3.01. The quantitative estimate of drug-likeness (QED) is 0.878. The van der Waals surface area contributed by atoms with Crippen molar-refractivity contribution in [3.8, 4) is 0 Å². The predicted octanol–water partition coefficient (Wildman–Crippen LogP) is 2.88. The third kappa shape index (κ3) is 3.79. The first-order valence-electron chi connectivity index (χ1n) is 7.32. The minimum absolute atomic E-state index is 0.0714. The molecule has 21 heavy (non-hydrogen) atoms. The molecule has 0 saturated heterocycles. The first kappa shape index (κ1) is 15.9. The Morgan fingerprint density at radius 2 is 2.05 bits per heavy atom. The van der Waals surface area contributed by atoms with Crippen LogP contribution in [-0.2, 0) is 4.79 Å². The normalized spacial score (nSPS) is 18.5. The second-order valence-corrected chi connectivity index (χ2v) is 5.96. The number of carbonyl (C=O) groups is 1. The monoisotopic (exact) mass is 297 g/mol. The van der Waals surface area contributed by atoms with E-state index in [9.17, 15) is 18.7 Å². The van der Waals surface area contributed by atoms with E-state index >= 15 is 0 Å². The number of hydrogen-bond acceptors (Lipinski definition) is 2. The van der Waals surface area contributed by atoms with Crippen LogP contribution in [0.5, 0.6) is 0 Å². The Morgan fingerprint density at radius 3 is 2.62 bits per heavy atom. The van der Waals surface area contributed by atoms with Crippen LogP contribution < -0.4 is 5.32 Å². The maximum Gasteiger partial charge on any atom is 0.221 e. The van der Waals surface area contributed by atoms with E-state index in [0.29, 0.717) is 5.56 Å². The van der Waals surface area contributed by atoms with Crippen LogP contribution in [0, 0.1) is 11.6 Å². The van der Waals surface area contributed by atoms with Gasteiger partial charge in [-0.1, -0.05) is 25.8 Å². The molecule has 0 heterocycles. The summed E-state index contributed by atoms with van der Waals surface area (Å²) in [7, 11) is 0. The topological polar surface area (TPSA) is 49.3 Å². The molecule has 2 N–H and O–H groups in total. The zero-order valence-corrected chi connectivity index (χ0v) is 12.2. The van der Waals surface area contributed by atoms with Crippen molar-refractivity contribution >= 4 is 5.91 Å². The lowest BCUT2D eigenvalue weighted by Gasteiger charge is -2.28. The molecular weight excluding hydrogens is 276 g/mol. The number of nitrogens with one attached hydrogen (secondary N) is 1. The van der Waals surface area contributed by atoms with E-state index in [0.717, 1.165) is 31.7 Å². The van der Waals surface area contributed by atoms with E-state index in [-0.39, 0.29) is 24.9 Å². The number of halogens is 2. The van der Waals surface area contributed by atoms with Crippen LogP contribution in [0.3, 0.4) is 0 Å². The Balaban J connectivity index is 1.98. The van der Waals surface area contributed by atoms with Gasteiger partial charge in [-0.2, -0.15) is 0 Å². The molecule has 2 rings (SSSR count). The summed E-state index contributed by atoms with van der Waals surface area (Å²) in [5, 5.41) is 12.4. The summed E-state index contributed by atoms with van der Waals surface area (Å²) < 4.78 is 26.6. The van der Waals surface area contributed by atoms with Crippen molar-refractivity contribution in [3.05, 3.63) is 35.4 Å². The highest BCUT2D eigenvalue weighted by Gasteiger charge is 2.34. The van der Waals surface area contributed by atoms with E-state index in [1.165, 1.54) is 12.1 Å². The molecule has 1 aromatic carbocycles. The van der Waals surface area contributed by atoms with Crippen LogP contribution in [0.25, 0.3) is 0 Å². The van der Waals surface area contributed by atoms with Crippen LogP contribution in [-0.4, -0.2) is 23.2 Å². The highest BCUT2D eigenvalue weighted by Crippen LogP contribution is 2.30. The van der Waals surface area contributed by atoms with Crippen molar-refractivity contribution in [2.75, 3.05) is 6.61 Å². The number of aliphatic hydroxyl groups is 1. The number of aliphatic hydroxyl groups excluding tert-OH is 1. The van der Waals surface area contributed by atoms with Crippen molar-refractivity contribution < 1.29 is 18.7 Å². The van der Waals surface area contributed by atoms with Gasteiger partial charge in [0.25, 0.3) is 0 Å². The van der Waals surface area contributed by atoms with Gasteiger partial charge in [0, 0.05) is 12.5 Å². The number of carbonyl (C=O) groups excluding carboxylic acids is 1. The fraction of sp³-hybridized carbons (Fsp3) is 0.562. The molecule has 1 fully saturated rings. The van der Waals surface area contributed by atoms with Crippen molar-refractivity contribution in [1.29, 1.82) is 0 Å². The largest absolute Gasteiger partial charge is 0.394 e. The van der Waals surface area contributed by atoms with Crippen molar-refractivity contribution in [3.63, 3.8) is 0 Å². The Morgan fingerprint density at radius 1 is 1.38 bits per heavy atom. The summed E-state index contributed by atoms with van der Waals surface area (Å²) in [6.07, 6.45) is 3.64. The minimum Gasteiger partial charge on any atom is -0.394 e. The Hall–Kier alpha value is -1.49. The molecule has 1 aliphatic rings. The van der Waals surface area contributed by atoms with Gasteiger partial charge in [-0.15, -0.1) is 0 Å². The summed E-state index contributed by atoms with van der Waals surface area (Å²) in [5.74, 6) is -1.81. The molecule has 0 bridgehead atoms. The molecule has 0 spiro atoms. The number of amides is 1. The van der Waals surface area contributed by atoms with Gasteiger partial charge in [-0.3, -0.25) is 4.79 Å². The summed E-state index contributed by atoms with van der Waals surface area (Å²) >= 11 is 0. The lowest BCUT2D eigenvalue weighted by Crippen LogP contribution is -2.49. The number of rotatable bonds is 5. The predicted molar refractivity (Wildman–Crippen MR) is 75.8 cm³/mol. The lowest BCUT2D eigenvalue weighted by atomic mass is 9.94. The van der Waals surface area contributed by atoms with E-state index in [4.69, 9.17) is 0 Å². The zero-order chi connectivity index (χ0) is 15.5. The minimum atomic E-state index is -0.631. The van der Waals surface area contributed by atoms with E-state index < -0.39 is 17.2 Å². The standard InChI is InChI=1S/C16H21F2NO2/c1-11(13-5-4-12(17)9-14(13)18)8-15(21)19-16(10-20)6-2-3-7-16/h4-5,9,11,20H,2-3,6-8,10H2,1H3,(H,19,21).